The number of aromatic amines is 1. The van der Waals surface area contributed by atoms with Gasteiger partial charge in [0.1, 0.15) is 11.4 Å². The molecule has 0 spiro atoms. The minimum Gasteiger partial charge on any atom is -0.364 e. The summed E-state index contributed by atoms with van der Waals surface area (Å²) in [7, 11) is 1.77. The lowest BCUT2D eigenvalue weighted by molar-refractivity contribution is -0.128. The number of aromatic nitrogens is 3. The maximum atomic E-state index is 12.0. The van der Waals surface area contributed by atoms with E-state index in [4.69, 9.17) is 5.73 Å². The number of hydrogen-bond acceptors (Lipinski definition) is 4. The van der Waals surface area contributed by atoms with Crippen LogP contribution >= 0.6 is 0 Å². The molecule has 140 valence electrons. The number of likely N-dealkylation sites (tertiary alicyclic amines) is 1. The first-order chi connectivity index (χ1) is 13.4. The van der Waals surface area contributed by atoms with Crippen LogP contribution in [0.1, 0.15) is 22.5 Å². The van der Waals surface area contributed by atoms with E-state index in [0.29, 0.717) is 23.3 Å². The van der Waals surface area contributed by atoms with Crippen molar-refractivity contribution in [1.29, 1.82) is 0 Å². The third kappa shape index (κ3) is 3.03. The number of rotatable bonds is 2. The number of nitrogens with one attached hydrogen (secondary N) is 1. The molecule has 0 bridgehead atoms. The first-order valence-corrected chi connectivity index (χ1v) is 8.73. The van der Waals surface area contributed by atoms with Crippen molar-refractivity contribution in [1.82, 2.24) is 19.7 Å². The van der Waals surface area contributed by atoms with Gasteiger partial charge in [0.25, 0.3) is 5.91 Å². The van der Waals surface area contributed by atoms with Gasteiger partial charge in [0.2, 0.25) is 11.5 Å². The van der Waals surface area contributed by atoms with Gasteiger partial charge in [-0.25, -0.2) is 4.68 Å². The van der Waals surface area contributed by atoms with Gasteiger partial charge in [0, 0.05) is 25.2 Å². The molecule has 4 rings (SSSR count). The van der Waals surface area contributed by atoms with E-state index < -0.39 is 5.91 Å². The molecule has 8 heteroatoms. The summed E-state index contributed by atoms with van der Waals surface area (Å²) in [6.07, 6.45) is 0.723. The maximum absolute atomic E-state index is 12.0. The number of fused-ring (bicyclic) bond motifs is 1. The first kappa shape index (κ1) is 17.5. The molecule has 28 heavy (non-hydrogen) atoms. The predicted molar refractivity (Wildman–Crippen MR) is 103 cm³/mol. The van der Waals surface area contributed by atoms with Crippen molar-refractivity contribution in [3.63, 3.8) is 0 Å². The van der Waals surface area contributed by atoms with Gasteiger partial charge < -0.3 is 15.6 Å². The first-order valence-electron chi connectivity index (χ1n) is 8.73. The molecule has 2 amide bonds. The fourth-order valence-electron chi connectivity index (χ4n) is 3.24. The summed E-state index contributed by atoms with van der Waals surface area (Å²) in [5, 5.41) is 4.26. The van der Waals surface area contributed by atoms with Crippen LogP contribution in [-0.2, 0) is 4.79 Å². The molecule has 1 aliphatic heterocycles. The summed E-state index contributed by atoms with van der Waals surface area (Å²) < 4.78 is 1.53. The second-order valence-electron chi connectivity index (χ2n) is 6.63. The van der Waals surface area contributed by atoms with Crippen LogP contribution in [0.5, 0.6) is 0 Å². The van der Waals surface area contributed by atoms with Crippen molar-refractivity contribution in [2.45, 2.75) is 6.42 Å². The Kier molecular flexibility index (Phi) is 4.20. The zero-order valence-electron chi connectivity index (χ0n) is 15.1. The van der Waals surface area contributed by atoms with Gasteiger partial charge in [0.05, 0.1) is 11.2 Å². The molecular weight excluding hydrogens is 358 g/mol. The fourth-order valence-corrected chi connectivity index (χ4v) is 3.24. The Morgan fingerprint density at radius 1 is 1.29 bits per heavy atom. The van der Waals surface area contributed by atoms with E-state index >= 15 is 0 Å². The van der Waals surface area contributed by atoms with E-state index in [2.05, 4.69) is 21.9 Å². The van der Waals surface area contributed by atoms with Crippen molar-refractivity contribution in [3.8, 4) is 17.5 Å². The van der Waals surface area contributed by atoms with E-state index in [9.17, 15) is 14.4 Å². The largest absolute Gasteiger partial charge is 0.364 e. The van der Waals surface area contributed by atoms with Crippen molar-refractivity contribution >= 4 is 22.8 Å². The number of nitrogens with zero attached hydrogens (tertiary/aromatic N) is 3. The van der Waals surface area contributed by atoms with Crippen LogP contribution in [0.2, 0.25) is 0 Å². The molecule has 2 aromatic heterocycles. The lowest BCUT2D eigenvalue weighted by Gasteiger charge is -2.05. The highest BCUT2D eigenvalue weighted by Crippen LogP contribution is 2.20. The number of primary amides is 1. The highest BCUT2D eigenvalue weighted by molar-refractivity contribution is 6.02. The van der Waals surface area contributed by atoms with E-state index in [0.717, 1.165) is 6.42 Å². The lowest BCUT2D eigenvalue weighted by atomic mass is 10.1. The number of benzene rings is 1. The van der Waals surface area contributed by atoms with Gasteiger partial charge in [-0.3, -0.25) is 14.4 Å². The molecule has 1 aliphatic rings. The molecule has 0 radical (unpaired) electrons. The Morgan fingerprint density at radius 2 is 2.11 bits per heavy atom. The molecule has 1 atom stereocenters. The van der Waals surface area contributed by atoms with Gasteiger partial charge >= 0.3 is 0 Å². The van der Waals surface area contributed by atoms with Crippen LogP contribution in [0.15, 0.2) is 41.2 Å². The third-order valence-corrected chi connectivity index (χ3v) is 4.70. The number of carbonyl (C=O) groups excluding carboxylic acids is 2. The Balaban J connectivity index is 1.76. The maximum Gasteiger partial charge on any atom is 0.271 e. The zero-order valence-corrected chi connectivity index (χ0v) is 15.1. The molecule has 1 unspecified atom stereocenters. The molecule has 3 N–H and O–H groups in total. The molecule has 1 saturated heterocycles. The SMILES string of the molecule is CN1CCC(C#Cc2cccc(-n3nc(C(N)=O)c4[nH]c(=O)ccc43)c2)C1=O. The van der Waals surface area contributed by atoms with Crippen molar-refractivity contribution in [2.75, 3.05) is 13.6 Å². The van der Waals surface area contributed by atoms with Gasteiger partial charge in [-0.15, -0.1) is 0 Å². The van der Waals surface area contributed by atoms with Crippen LogP contribution in [0, 0.1) is 17.8 Å². The summed E-state index contributed by atoms with van der Waals surface area (Å²) in [5.74, 6) is 5.10. The highest BCUT2D eigenvalue weighted by Gasteiger charge is 2.27. The standard InChI is InChI=1S/C20H17N5O3/c1-24-10-9-13(20(24)28)6-5-12-3-2-4-14(11-12)25-15-7-8-16(26)22-17(15)18(23-25)19(21)27/h2-4,7-8,11,13H,9-10H2,1H3,(H2,21,27)(H,22,26). The third-order valence-electron chi connectivity index (χ3n) is 4.70. The Hall–Kier alpha value is -3.86. The van der Waals surface area contributed by atoms with Crippen LogP contribution < -0.4 is 11.3 Å². The topological polar surface area (TPSA) is 114 Å². The van der Waals surface area contributed by atoms with Crippen LogP contribution in [0.3, 0.4) is 0 Å². The normalized spacial score (nSPS) is 16.2. The Morgan fingerprint density at radius 3 is 2.82 bits per heavy atom. The number of hydrogen-bond donors (Lipinski definition) is 2. The minimum atomic E-state index is -0.731. The summed E-state index contributed by atoms with van der Waals surface area (Å²) in [5.41, 5.74) is 7.25. The zero-order chi connectivity index (χ0) is 19.8. The highest BCUT2D eigenvalue weighted by atomic mass is 16.2. The molecule has 3 heterocycles. The predicted octanol–water partition coefficient (Wildman–Crippen LogP) is 0.642. The quantitative estimate of drug-likeness (QED) is 0.640. The number of carbonyl (C=O) groups is 2. The van der Waals surface area contributed by atoms with Crippen LogP contribution in [0.4, 0.5) is 0 Å². The Bertz CT molecular complexity index is 1230. The number of pyridine rings is 1. The van der Waals surface area contributed by atoms with Gasteiger partial charge in [-0.05, 0) is 30.7 Å². The molecule has 1 aromatic carbocycles. The van der Waals surface area contributed by atoms with E-state index in [1.54, 1.807) is 24.1 Å². The molecule has 3 aromatic rings. The molecular formula is C20H17N5O3. The van der Waals surface area contributed by atoms with Crippen LogP contribution in [-0.4, -0.2) is 45.1 Å². The number of amides is 2. The van der Waals surface area contributed by atoms with Gasteiger partial charge in [-0.2, -0.15) is 5.10 Å². The van der Waals surface area contributed by atoms with Crippen molar-refractivity contribution < 1.29 is 9.59 Å². The van der Waals surface area contributed by atoms with Crippen molar-refractivity contribution in [3.05, 3.63) is 58.0 Å². The smallest absolute Gasteiger partial charge is 0.271 e. The molecule has 8 nitrogen and oxygen atoms in total. The summed E-state index contributed by atoms with van der Waals surface area (Å²) in [4.78, 5) is 39.6. The average molecular weight is 375 g/mol. The summed E-state index contributed by atoms with van der Waals surface area (Å²) >= 11 is 0. The summed E-state index contributed by atoms with van der Waals surface area (Å²) in [6.45, 7) is 0.714. The molecule has 1 fully saturated rings. The van der Waals surface area contributed by atoms with Crippen LogP contribution in [0.25, 0.3) is 16.7 Å². The van der Waals surface area contributed by atoms with E-state index in [-0.39, 0.29) is 28.6 Å². The fraction of sp³-hybridized carbons (Fsp3) is 0.200. The monoisotopic (exact) mass is 375 g/mol. The summed E-state index contributed by atoms with van der Waals surface area (Å²) in [6, 6.07) is 10.2. The molecule has 0 aliphatic carbocycles. The Labute approximate surface area is 159 Å². The average Bonchev–Trinajstić information content (AvgIpc) is 3.21. The molecule has 0 saturated carbocycles. The number of nitrogens with two attached hydrogens (primary N) is 1. The number of H-pyrrole nitrogens is 1. The lowest BCUT2D eigenvalue weighted by Crippen LogP contribution is -2.21. The van der Waals surface area contributed by atoms with Gasteiger partial charge in [0.15, 0.2) is 5.69 Å². The van der Waals surface area contributed by atoms with E-state index in [1.807, 2.05) is 18.2 Å². The second-order valence-corrected chi connectivity index (χ2v) is 6.63. The van der Waals surface area contributed by atoms with E-state index in [1.165, 1.54) is 10.7 Å². The van der Waals surface area contributed by atoms with Crippen molar-refractivity contribution in [2.24, 2.45) is 11.7 Å². The minimum absolute atomic E-state index is 0.0104. The van der Waals surface area contributed by atoms with Gasteiger partial charge in [-0.1, -0.05) is 17.9 Å². The second kappa shape index (κ2) is 6.70.